The molecule has 1 atom stereocenters. The summed E-state index contributed by atoms with van der Waals surface area (Å²) in [6.07, 6.45) is 11.7. The van der Waals surface area contributed by atoms with Gasteiger partial charge in [0.1, 0.15) is 0 Å². The van der Waals surface area contributed by atoms with Crippen LogP contribution in [0.2, 0.25) is 0 Å². The second-order valence-corrected chi connectivity index (χ2v) is 17.9. The van der Waals surface area contributed by atoms with Gasteiger partial charge < -0.3 is 69.1 Å². The van der Waals surface area contributed by atoms with Gasteiger partial charge in [0.05, 0.1) is 98.9 Å². The standard InChI is InChI=1S/C51H90N6O19/c58-43(54-24-33-71-37-41-73-39-35-69-28-12-29-75-56-47(62)15-16-48(56)63)13-7-3-1-5-9-22-52-45(60)19-30-67-26-11-27-68-31-20-46(61)53-23-10-6-2-4-8-14-44(59)55-25-34-72-38-42-74-40-36-70-32-21-51(66)76-57-49(64)17-18-50(57)65/h47,62H,1-42H2,(H,52,60)(H,53,61)(H,54,58)(H,55,59). The lowest BCUT2D eigenvalue weighted by atomic mass is 10.1. The van der Waals surface area contributed by atoms with Crippen LogP contribution in [-0.2, 0) is 85.9 Å². The average Bonchev–Trinajstić information content (AvgIpc) is 3.90. The van der Waals surface area contributed by atoms with Gasteiger partial charge in [0, 0.05) is 97.4 Å². The number of nitrogens with zero attached hydrogens (tertiary/aromatic N) is 2. The molecule has 2 aliphatic heterocycles. The molecule has 1 unspecified atom stereocenters. The van der Waals surface area contributed by atoms with E-state index in [0.29, 0.717) is 175 Å². The maximum Gasteiger partial charge on any atom is 0.335 e. The van der Waals surface area contributed by atoms with Gasteiger partial charge in [0.25, 0.3) is 11.8 Å². The molecule has 2 fully saturated rings. The van der Waals surface area contributed by atoms with Crippen molar-refractivity contribution in [2.45, 2.75) is 141 Å². The second-order valence-electron chi connectivity index (χ2n) is 17.9. The number of hydrogen-bond acceptors (Lipinski definition) is 19. The molecule has 438 valence electrons. The molecule has 76 heavy (non-hydrogen) atoms. The highest BCUT2D eigenvalue weighted by Gasteiger charge is 2.33. The first-order valence-corrected chi connectivity index (χ1v) is 27.4. The lowest BCUT2D eigenvalue weighted by molar-refractivity contribution is -0.220. The third-order valence-corrected chi connectivity index (χ3v) is 11.4. The molecule has 0 aliphatic carbocycles. The van der Waals surface area contributed by atoms with E-state index in [2.05, 4.69) is 21.3 Å². The van der Waals surface area contributed by atoms with Crippen molar-refractivity contribution >= 4 is 47.3 Å². The summed E-state index contributed by atoms with van der Waals surface area (Å²) < 4.78 is 43.6. The monoisotopic (exact) mass is 1090 g/mol. The van der Waals surface area contributed by atoms with Crippen LogP contribution in [0.1, 0.15) is 135 Å². The number of aliphatic hydroxyl groups excluding tert-OH is 1. The van der Waals surface area contributed by atoms with Crippen molar-refractivity contribution < 1.29 is 91.0 Å². The van der Waals surface area contributed by atoms with E-state index < -0.39 is 24.0 Å². The maximum absolute atomic E-state index is 12.1. The zero-order valence-electron chi connectivity index (χ0n) is 45.0. The lowest BCUT2D eigenvalue weighted by Gasteiger charge is -2.19. The highest BCUT2D eigenvalue weighted by Crippen LogP contribution is 2.17. The van der Waals surface area contributed by atoms with Crippen LogP contribution in [0.4, 0.5) is 0 Å². The Morgan fingerprint density at radius 1 is 0.382 bits per heavy atom. The number of aliphatic hydroxyl groups is 1. The Bertz CT molecular complexity index is 1580. The van der Waals surface area contributed by atoms with E-state index in [1.807, 2.05) is 0 Å². The van der Waals surface area contributed by atoms with Gasteiger partial charge in [-0.25, -0.2) is 4.79 Å². The third-order valence-electron chi connectivity index (χ3n) is 11.4. The number of ether oxygens (including phenoxy) is 8. The summed E-state index contributed by atoms with van der Waals surface area (Å²) in [4.78, 5) is 104. The van der Waals surface area contributed by atoms with Crippen LogP contribution < -0.4 is 21.3 Å². The van der Waals surface area contributed by atoms with Crippen molar-refractivity contribution in [2.75, 3.05) is 138 Å². The number of nitrogens with one attached hydrogen (secondary N) is 4. The Kier molecular flexibility index (Phi) is 42.5. The first kappa shape index (κ1) is 67.7. The highest BCUT2D eigenvalue weighted by molar-refractivity contribution is 6.01. The summed E-state index contributed by atoms with van der Waals surface area (Å²) in [6.45, 7) is 8.21. The third kappa shape index (κ3) is 39.0. The van der Waals surface area contributed by atoms with Gasteiger partial charge in [-0.15, -0.1) is 5.06 Å². The predicted molar refractivity (Wildman–Crippen MR) is 272 cm³/mol. The van der Waals surface area contributed by atoms with Gasteiger partial charge in [-0.05, 0) is 38.5 Å². The predicted octanol–water partition coefficient (Wildman–Crippen LogP) is 1.70. The van der Waals surface area contributed by atoms with Gasteiger partial charge in [0.15, 0.2) is 6.23 Å². The van der Waals surface area contributed by atoms with Gasteiger partial charge in [-0.2, -0.15) is 5.06 Å². The van der Waals surface area contributed by atoms with Gasteiger partial charge >= 0.3 is 5.97 Å². The fourth-order valence-electron chi connectivity index (χ4n) is 7.19. The minimum absolute atomic E-state index is 0.00544. The van der Waals surface area contributed by atoms with Crippen molar-refractivity contribution in [3.05, 3.63) is 0 Å². The molecule has 0 bridgehead atoms. The Balaban J connectivity index is 1.19. The number of carbonyl (C=O) groups is 8. The summed E-state index contributed by atoms with van der Waals surface area (Å²) in [5, 5.41) is 22.7. The smallest absolute Gasteiger partial charge is 0.335 e. The van der Waals surface area contributed by atoms with Crippen molar-refractivity contribution in [1.82, 2.24) is 31.4 Å². The molecule has 25 nitrogen and oxygen atoms in total. The topological polar surface area (TPSA) is 304 Å². The Morgan fingerprint density at radius 2 is 0.750 bits per heavy atom. The summed E-state index contributed by atoms with van der Waals surface area (Å²) in [7, 11) is 0. The lowest BCUT2D eigenvalue weighted by Crippen LogP contribution is -2.33. The van der Waals surface area contributed by atoms with Crippen molar-refractivity contribution in [2.24, 2.45) is 0 Å². The molecule has 0 radical (unpaired) electrons. The summed E-state index contributed by atoms with van der Waals surface area (Å²) in [5.74, 6) is -2.09. The molecule has 0 saturated carbocycles. The molecular weight excluding hydrogens is 1000 g/mol. The molecule has 7 amide bonds. The molecular formula is C51H90N6O19. The molecule has 2 aliphatic rings. The number of hydrogen-bond donors (Lipinski definition) is 5. The molecule has 0 aromatic heterocycles. The van der Waals surface area contributed by atoms with Gasteiger partial charge in [0.2, 0.25) is 29.5 Å². The summed E-state index contributed by atoms with van der Waals surface area (Å²) >= 11 is 0. The fraction of sp³-hybridized carbons (Fsp3) is 0.843. The van der Waals surface area contributed by atoms with E-state index in [1.165, 1.54) is 0 Å². The highest BCUT2D eigenvalue weighted by atomic mass is 16.7. The zero-order chi connectivity index (χ0) is 54.9. The average molecular weight is 1090 g/mol. The van der Waals surface area contributed by atoms with Crippen LogP contribution in [0.3, 0.4) is 0 Å². The molecule has 0 aromatic rings. The number of hydroxylamine groups is 4. The first-order valence-electron chi connectivity index (χ1n) is 27.4. The number of rotatable bonds is 53. The summed E-state index contributed by atoms with van der Waals surface area (Å²) in [6, 6.07) is 0. The van der Waals surface area contributed by atoms with Crippen molar-refractivity contribution in [3.8, 4) is 0 Å². The van der Waals surface area contributed by atoms with E-state index >= 15 is 0 Å². The quantitative estimate of drug-likeness (QED) is 0.0428. The molecule has 25 heteroatoms. The molecule has 2 saturated heterocycles. The van der Waals surface area contributed by atoms with Crippen LogP contribution in [0, 0.1) is 0 Å². The molecule has 2 rings (SSSR count). The second kappa shape index (κ2) is 47.7. The minimum atomic E-state index is -0.861. The SMILES string of the molecule is O=C(CCCCCCCNC(=O)CCOCCCOCCC(=O)NCCCCCCCC(=O)NCCOCCOCCOCCC(=O)ON1C(=O)CCC1=O)NCCOCCOCCOCCCON1C(=O)CCC1O. The number of unbranched alkanes of at least 4 members (excludes halogenated alkanes) is 8. The van der Waals surface area contributed by atoms with E-state index in [0.717, 1.165) is 69.3 Å². The maximum atomic E-state index is 12.1. The number of imide groups is 1. The van der Waals surface area contributed by atoms with E-state index in [1.54, 1.807) is 0 Å². The fourth-order valence-corrected chi connectivity index (χ4v) is 7.19. The first-order chi connectivity index (χ1) is 37.1. The normalized spacial score (nSPS) is 14.4. The van der Waals surface area contributed by atoms with Crippen LogP contribution in [0.15, 0.2) is 0 Å². The van der Waals surface area contributed by atoms with Gasteiger partial charge in [-0.3, -0.25) is 38.4 Å². The van der Waals surface area contributed by atoms with Crippen LogP contribution in [-0.4, -0.2) is 207 Å². The van der Waals surface area contributed by atoms with E-state index in [9.17, 15) is 43.5 Å². The van der Waals surface area contributed by atoms with Gasteiger partial charge in [-0.1, -0.05) is 38.5 Å². The largest absolute Gasteiger partial charge is 0.381 e. The molecule has 5 N–H and O–H groups in total. The van der Waals surface area contributed by atoms with Crippen molar-refractivity contribution in [1.29, 1.82) is 0 Å². The zero-order valence-corrected chi connectivity index (χ0v) is 45.0. The van der Waals surface area contributed by atoms with Crippen LogP contribution in [0.25, 0.3) is 0 Å². The van der Waals surface area contributed by atoms with E-state index in [4.69, 9.17) is 47.6 Å². The summed E-state index contributed by atoms with van der Waals surface area (Å²) in [5.41, 5.74) is 0. The van der Waals surface area contributed by atoms with Crippen LogP contribution >= 0.6 is 0 Å². The molecule has 0 spiro atoms. The Morgan fingerprint density at radius 3 is 1.22 bits per heavy atom. The molecule has 0 aromatic carbocycles. The minimum Gasteiger partial charge on any atom is -0.381 e. The Hall–Kier alpha value is -4.44. The Labute approximate surface area is 448 Å². The van der Waals surface area contributed by atoms with Crippen molar-refractivity contribution in [3.63, 3.8) is 0 Å². The number of carbonyl (C=O) groups excluding carboxylic acids is 8. The van der Waals surface area contributed by atoms with Crippen LogP contribution in [0.5, 0.6) is 0 Å². The number of amides is 7. The van der Waals surface area contributed by atoms with E-state index in [-0.39, 0.29) is 68.4 Å². The molecule has 2 heterocycles.